The molecule has 0 saturated heterocycles. The highest BCUT2D eigenvalue weighted by Crippen LogP contribution is 2.12. The summed E-state index contributed by atoms with van der Waals surface area (Å²) in [6, 6.07) is 7.06. The van der Waals surface area contributed by atoms with E-state index in [1.54, 1.807) is 30.7 Å². The molecule has 0 aliphatic carbocycles. The minimum atomic E-state index is -0.130. The highest BCUT2D eigenvalue weighted by atomic mass is 79.9. The maximum absolute atomic E-state index is 12.0. The first-order valence-corrected chi connectivity index (χ1v) is 6.28. The second-order valence-electron chi connectivity index (χ2n) is 3.85. The quantitative estimate of drug-likeness (QED) is 0.887. The number of hydrogen-bond acceptors (Lipinski definition) is 3. The van der Waals surface area contributed by atoms with E-state index in [9.17, 15) is 4.79 Å². The molecule has 0 spiro atoms. The van der Waals surface area contributed by atoms with Crippen molar-refractivity contribution in [3.05, 3.63) is 58.6 Å². The molecule has 0 bridgehead atoms. The molecule has 0 aliphatic heterocycles. The number of hydrogen-bond donors (Lipinski definition) is 1. The van der Waals surface area contributed by atoms with Gasteiger partial charge in [0.2, 0.25) is 0 Å². The molecule has 2 heterocycles. The highest BCUT2D eigenvalue weighted by molar-refractivity contribution is 9.10. The zero-order valence-electron chi connectivity index (χ0n) is 9.80. The van der Waals surface area contributed by atoms with Crippen molar-refractivity contribution < 1.29 is 4.79 Å². The minimum Gasteiger partial charge on any atom is -0.345 e. The van der Waals surface area contributed by atoms with E-state index < -0.39 is 0 Å². The van der Waals surface area contributed by atoms with Crippen molar-refractivity contribution in [1.29, 1.82) is 0 Å². The molecule has 1 N–H and O–H groups in total. The standard InChI is InChI=1S/C13H12BrN3O/c1-9(11-3-2-5-15-8-11)17-13(18)10-4-6-16-12(14)7-10/h2-9H,1H3,(H,17,18). The summed E-state index contributed by atoms with van der Waals surface area (Å²) in [4.78, 5) is 20.0. The van der Waals surface area contributed by atoms with Crippen molar-refractivity contribution in [3.63, 3.8) is 0 Å². The summed E-state index contributed by atoms with van der Waals surface area (Å²) in [5.41, 5.74) is 1.55. The van der Waals surface area contributed by atoms with Crippen molar-refractivity contribution in [3.8, 4) is 0 Å². The van der Waals surface area contributed by atoms with Crippen LogP contribution >= 0.6 is 15.9 Å². The van der Waals surface area contributed by atoms with Crippen molar-refractivity contribution in [2.45, 2.75) is 13.0 Å². The molecule has 4 nitrogen and oxygen atoms in total. The van der Waals surface area contributed by atoms with E-state index in [4.69, 9.17) is 0 Å². The molecule has 92 valence electrons. The molecule has 2 aromatic heterocycles. The number of amides is 1. The topological polar surface area (TPSA) is 54.9 Å². The number of halogens is 1. The summed E-state index contributed by atoms with van der Waals surface area (Å²) in [6.45, 7) is 1.92. The third-order valence-electron chi connectivity index (χ3n) is 2.52. The first kappa shape index (κ1) is 12.7. The van der Waals surface area contributed by atoms with Gasteiger partial charge in [0, 0.05) is 24.2 Å². The Labute approximate surface area is 114 Å². The molecular formula is C13H12BrN3O. The van der Waals surface area contributed by atoms with Crippen LogP contribution in [0.3, 0.4) is 0 Å². The van der Waals surface area contributed by atoms with Gasteiger partial charge in [0.15, 0.2) is 0 Å². The van der Waals surface area contributed by atoms with Gasteiger partial charge in [-0.05, 0) is 46.6 Å². The van der Waals surface area contributed by atoms with Crippen LogP contribution in [0.5, 0.6) is 0 Å². The second-order valence-corrected chi connectivity index (χ2v) is 4.66. The van der Waals surface area contributed by atoms with Crippen LogP contribution in [0.2, 0.25) is 0 Å². The van der Waals surface area contributed by atoms with Crippen molar-refractivity contribution in [1.82, 2.24) is 15.3 Å². The predicted molar refractivity (Wildman–Crippen MR) is 72.1 cm³/mol. The number of carbonyl (C=O) groups is 1. The molecule has 1 amide bonds. The van der Waals surface area contributed by atoms with E-state index in [1.165, 1.54) is 0 Å². The van der Waals surface area contributed by atoms with Crippen LogP contribution in [0.1, 0.15) is 28.9 Å². The smallest absolute Gasteiger partial charge is 0.251 e. The van der Waals surface area contributed by atoms with Gasteiger partial charge in [-0.2, -0.15) is 0 Å². The molecule has 0 saturated carbocycles. The van der Waals surface area contributed by atoms with E-state index in [0.29, 0.717) is 10.2 Å². The first-order valence-electron chi connectivity index (χ1n) is 5.49. The zero-order chi connectivity index (χ0) is 13.0. The minimum absolute atomic E-state index is 0.0851. The molecule has 5 heteroatoms. The Morgan fingerprint density at radius 1 is 1.39 bits per heavy atom. The van der Waals surface area contributed by atoms with Gasteiger partial charge in [-0.1, -0.05) is 6.07 Å². The number of nitrogens with one attached hydrogen (secondary N) is 1. The molecule has 18 heavy (non-hydrogen) atoms. The lowest BCUT2D eigenvalue weighted by molar-refractivity contribution is 0.0939. The van der Waals surface area contributed by atoms with Gasteiger partial charge >= 0.3 is 0 Å². The van der Waals surface area contributed by atoms with E-state index >= 15 is 0 Å². The Morgan fingerprint density at radius 3 is 2.89 bits per heavy atom. The average molecular weight is 306 g/mol. The van der Waals surface area contributed by atoms with Crippen LogP contribution < -0.4 is 5.32 Å². The number of carbonyl (C=O) groups excluding carboxylic acids is 1. The maximum atomic E-state index is 12.0. The average Bonchev–Trinajstić information content (AvgIpc) is 2.39. The Balaban J connectivity index is 2.08. The largest absolute Gasteiger partial charge is 0.345 e. The van der Waals surface area contributed by atoms with Gasteiger partial charge in [-0.3, -0.25) is 9.78 Å². The molecular weight excluding hydrogens is 294 g/mol. The van der Waals surface area contributed by atoms with Crippen LogP contribution in [0.25, 0.3) is 0 Å². The number of aromatic nitrogens is 2. The van der Waals surface area contributed by atoms with Crippen LogP contribution in [0.15, 0.2) is 47.5 Å². The molecule has 2 aromatic rings. The van der Waals surface area contributed by atoms with Gasteiger partial charge in [-0.25, -0.2) is 4.98 Å². The van der Waals surface area contributed by atoms with Crippen LogP contribution in [0, 0.1) is 0 Å². The Hall–Kier alpha value is -1.75. The SMILES string of the molecule is CC(NC(=O)c1ccnc(Br)c1)c1cccnc1. The maximum Gasteiger partial charge on any atom is 0.251 e. The van der Waals surface area contributed by atoms with E-state index in [1.807, 2.05) is 19.1 Å². The highest BCUT2D eigenvalue weighted by Gasteiger charge is 2.11. The fourth-order valence-electron chi connectivity index (χ4n) is 1.54. The van der Waals surface area contributed by atoms with Gasteiger partial charge < -0.3 is 5.32 Å². The molecule has 1 unspecified atom stereocenters. The number of rotatable bonds is 3. The van der Waals surface area contributed by atoms with Crippen LogP contribution in [-0.2, 0) is 0 Å². The first-order chi connectivity index (χ1) is 8.66. The summed E-state index contributed by atoms with van der Waals surface area (Å²) in [5, 5.41) is 2.91. The lowest BCUT2D eigenvalue weighted by Gasteiger charge is -2.13. The molecule has 0 aliphatic rings. The lowest BCUT2D eigenvalue weighted by atomic mass is 10.1. The number of nitrogens with zero attached hydrogens (tertiary/aromatic N) is 2. The third kappa shape index (κ3) is 3.13. The summed E-state index contributed by atoms with van der Waals surface area (Å²) < 4.78 is 0.643. The summed E-state index contributed by atoms with van der Waals surface area (Å²) in [5.74, 6) is -0.130. The molecule has 1 atom stereocenters. The van der Waals surface area contributed by atoms with E-state index in [-0.39, 0.29) is 11.9 Å². The Bertz CT molecular complexity index is 545. The van der Waals surface area contributed by atoms with Crippen molar-refractivity contribution in [2.24, 2.45) is 0 Å². The summed E-state index contributed by atoms with van der Waals surface area (Å²) in [7, 11) is 0. The fourth-order valence-corrected chi connectivity index (χ4v) is 1.90. The molecule has 0 fully saturated rings. The predicted octanol–water partition coefficient (Wildman–Crippen LogP) is 2.73. The summed E-state index contributed by atoms with van der Waals surface area (Å²) >= 11 is 3.24. The second kappa shape index (κ2) is 5.73. The molecule has 2 rings (SSSR count). The lowest BCUT2D eigenvalue weighted by Crippen LogP contribution is -2.26. The van der Waals surface area contributed by atoms with Crippen molar-refractivity contribution >= 4 is 21.8 Å². The van der Waals surface area contributed by atoms with Crippen LogP contribution in [0.4, 0.5) is 0 Å². The Kier molecular flexibility index (Phi) is 4.04. The summed E-state index contributed by atoms with van der Waals surface area (Å²) in [6.07, 6.45) is 5.04. The molecule has 0 radical (unpaired) electrons. The molecule has 0 aromatic carbocycles. The zero-order valence-corrected chi connectivity index (χ0v) is 11.4. The number of pyridine rings is 2. The van der Waals surface area contributed by atoms with Gasteiger partial charge in [-0.15, -0.1) is 0 Å². The van der Waals surface area contributed by atoms with Gasteiger partial charge in [0.25, 0.3) is 5.91 Å². The fraction of sp³-hybridized carbons (Fsp3) is 0.154. The van der Waals surface area contributed by atoms with Gasteiger partial charge in [0.1, 0.15) is 4.60 Å². The van der Waals surface area contributed by atoms with E-state index in [0.717, 1.165) is 5.56 Å². The normalized spacial score (nSPS) is 11.9. The Morgan fingerprint density at radius 2 is 2.22 bits per heavy atom. The third-order valence-corrected chi connectivity index (χ3v) is 2.95. The van der Waals surface area contributed by atoms with E-state index in [2.05, 4.69) is 31.2 Å². The monoisotopic (exact) mass is 305 g/mol. The van der Waals surface area contributed by atoms with Crippen LogP contribution in [-0.4, -0.2) is 15.9 Å². The van der Waals surface area contributed by atoms with Gasteiger partial charge in [0.05, 0.1) is 6.04 Å². The van der Waals surface area contributed by atoms with Crippen molar-refractivity contribution in [2.75, 3.05) is 0 Å².